The number of likely N-dealkylation sites (N-methyl/N-ethyl adjacent to an activating group) is 1. The van der Waals surface area contributed by atoms with Crippen LogP contribution in [0.5, 0.6) is 0 Å². The fourth-order valence-electron chi connectivity index (χ4n) is 2.21. The Morgan fingerprint density at radius 2 is 1.95 bits per heavy atom. The molecule has 1 nitrogen and oxygen atoms in total. The number of hydrogen-bond donors (Lipinski definition) is 1. The third-order valence-corrected chi connectivity index (χ3v) is 5.04. The highest BCUT2D eigenvalue weighted by Crippen LogP contribution is 2.23. The second-order valence-corrected chi connectivity index (χ2v) is 6.48. The van der Waals surface area contributed by atoms with E-state index in [0.717, 1.165) is 12.8 Å². The van der Waals surface area contributed by atoms with Crippen LogP contribution in [-0.2, 0) is 19.3 Å². The average Bonchev–Trinajstić information content (AvgIpc) is 2.89. The minimum atomic E-state index is -0.224. The number of halogens is 2. The number of rotatable bonds is 6. The Morgan fingerprint density at radius 1 is 1.20 bits per heavy atom. The van der Waals surface area contributed by atoms with Crippen molar-refractivity contribution in [1.82, 2.24) is 5.32 Å². The molecule has 0 aliphatic heterocycles. The molecule has 0 fully saturated rings. The smallest absolute Gasteiger partial charge is 0.127 e. The molecule has 0 saturated heterocycles. The first-order chi connectivity index (χ1) is 9.63. The minimum Gasteiger partial charge on any atom is -0.316 e. The highest BCUT2D eigenvalue weighted by Gasteiger charge is 2.15. The van der Waals surface area contributed by atoms with E-state index in [9.17, 15) is 4.39 Å². The zero-order valence-electron chi connectivity index (χ0n) is 11.7. The van der Waals surface area contributed by atoms with Crippen molar-refractivity contribution in [2.45, 2.75) is 32.2 Å². The largest absolute Gasteiger partial charge is 0.316 e. The molecule has 0 radical (unpaired) electrons. The minimum absolute atomic E-state index is 0.188. The van der Waals surface area contributed by atoms with Crippen molar-refractivity contribution >= 4 is 22.9 Å². The van der Waals surface area contributed by atoms with Gasteiger partial charge in [-0.2, -0.15) is 0 Å². The Bertz CT molecular complexity index is 547. The van der Waals surface area contributed by atoms with Gasteiger partial charge in [0, 0.05) is 26.4 Å². The molecule has 1 aromatic carbocycles. The molecule has 0 amide bonds. The first-order valence-corrected chi connectivity index (χ1v) is 8.01. The van der Waals surface area contributed by atoms with Gasteiger partial charge in [0.15, 0.2) is 0 Å². The molecule has 0 bridgehead atoms. The van der Waals surface area contributed by atoms with Gasteiger partial charge < -0.3 is 5.32 Å². The van der Waals surface area contributed by atoms with Gasteiger partial charge in [0.1, 0.15) is 5.82 Å². The quantitative estimate of drug-likeness (QED) is 0.829. The lowest BCUT2D eigenvalue weighted by Gasteiger charge is -2.16. The monoisotopic (exact) mass is 311 g/mol. The van der Waals surface area contributed by atoms with Gasteiger partial charge in [0.2, 0.25) is 0 Å². The lowest BCUT2D eigenvalue weighted by atomic mass is 10.0. The highest BCUT2D eigenvalue weighted by atomic mass is 35.5. The van der Waals surface area contributed by atoms with Gasteiger partial charge in [-0.25, -0.2) is 4.39 Å². The van der Waals surface area contributed by atoms with Crippen molar-refractivity contribution in [1.29, 1.82) is 0 Å². The van der Waals surface area contributed by atoms with E-state index in [4.69, 9.17) is 11.6 Å². The van der Waals surface area contributed by atoms with Crippen LogP contribution >= 0.6 is 22.9 Å². The van der Waals surface area contributed by atoms with Gasteiger partial charge in [0.25, 0.3) is 0 Å². The normalized spacial score (nSPS) is 12.6. The molecule has 1 aromatic heterocycles. The number of aryl methyl sites for hydroxylation is 1. The van der Waals surface area contributed by atoms with E-state index in [1.807, 2.05) is 18.4 Å². The third-order valence-electron chi connectivity index (χ3n) is 3.43. The molecule has 1 unspecified atom stereocenters. The molecule has 0 spiro atoms. The van der Waals surface area contributed by atoms with E-state index in [1.165, 1.54) is 15.8 Å². The van der Waals surface area contributed by atoms with Gasteiger partial charge in [-0.15, -0.1) is 11.3 Å². The van der Waals surface area contributed by atoms with E-state index in [0.29, 0.717) is 17.0 Å². The molecular formula is C16H19ClFNS. The van der Waals surface area contributed by atoms with Crippen molar-refractivity contribution < 1.29 is 4.39 Å². The predicted octanol–water partition coefficient (Wildman–Crippen LogP) is 4.48. The zero-order chi connectivity index (χ0) is 14.5. The van der Waals surface area contributed by atoms with E-state index < -0.39 is 0 Å². The summed E-state index contributed by atoms with van der Waals surface area (Å²) in [5, 5.41) is 3.77. The molecule has 0 saturated carbocycles. The Morgan fingerprint density at radius 3 is 2.55 bits per heavy atom. The van der Waals surface area contributed by atoms with Crippen LogP contribution in [-0.4, -0.2) is 13.1 Å². The Labute approximate surface area is 128 Å². The van der Waals surface area contributed by atoms with Gasteiger partial charge in [0.05, 0.1) is 0 Å². The van der Waals surface area contributed by atoms with Crippen LogP contribution in [0.4, 0.5) is 4.39 Å². The molecule has 2 rings (SSSR count). The summed E-state index contributed by atoms with van der Waals surface area (Å²) in [7, 11) is 1.91. The summed E-state index contributed by atoms with van der Waals surface area (Å²) in [4.78, 5) is 2.72. The Balaban J connectivity index is 2.09. The average molecular weight is 312 g/mol. The van der Waals surface area contributed by atoms with E-state index in [2.05, 4.69) is 24.4 Å². The van der Waals surface area contributed by atoms with Crippen molar-refractivity contribution in [3.8, 4) is 0 Å². The fourth-order valence-corrected chi connectivity index (χ4v) is 3.49. The van der Waals surface area contributed by atoms with Crippen molar-refractivity contribution in [2.75, 3.05) is 7.05 Å². The van der Waals surface area contributed by atoms with Gasteiger partial charge in [-0.1, -0.05) is 24.6 Å². The summed E-state index contributed by atoms with van der Waals surface area (Å²) in [5.74, 6) is -0.224. The molecule has 0 aliphatic carbocycles. The maximum Gasteiger partial charge on any atom is 0.127 e. The number of hydrogen-bond acceptors (Lipinski definition) is 2. The van der Waals surface area contributed by atoms with Crippen LogP contribution in [0.2, 0.25) is 5.02 Å². The molecule has 1 atom stereocenters. The summed E-state index contributed by atoms with van der Waals surface area (Å²) >= 11 is 7.92. The predicted molar refractivity (Wildman–Crippen MR) is 85.4 cm³/mol. The van der Waals surface area contributed by atoms with E-state index in [-0.39, 0.29) is 11.9 Å². The summed E-state index contributed by atoms with van der Waals surface area (Å²) in [6.45, 7) is 2.16. The van der Waals surface area contributed by atoms with Crippen molar-refractivity contribution in [3.05, 3.63) is 56.5 Å². The number of benzene rings is 1. The summed E-state index contributed by atoms with van der Waals surface area (Å²) in [5.41, 5.74) is 0.598. The first-order valence-electron chi connectivity index (χ1n) is 6.81. The molecule has 108 valence electrons. The fraction of sp³-hybridized carbons (Fsp3) is 0.375. The zero-order valence-corrected chi connectivity index (χ0v) is 13.3. The van der Waals surface area contributed by atoms with Crippen LogP contribution in [0.15, 0.2) is 30.3 Å². The number of thiophene rings is 1. The summed E-state index contributed by atoms with van der Waals surface area (Å²) in [6, 6.07) is 9.37. The molecule has 4 heteroatoms. The molecule has 20 heavy (non-hydrogen) atoms. The molecule has 2 aromatic rings. The number of nitrogens with one attached hydrogen (secondary N) is 1. The Kier molecular flexibility index (Phi) is 5.58. The van der Waals surface area contributed by atoms with Crippen LogP contribution in [0.3, 0.4) is 0 Å². The van der Waals surface area contributed by atoms with Gasteiger partial charge in [-0.3, -0.25) is 0 Å². The SMILES string of the molecule is CCc1ccc(CC(Cc2c(F)cccc2Cl)NC)s1. The van der Waals surface area contributed by atoms with E-state index >= 15 is 0 Å². The maximum atomic E-state index is 13.8. The highest BCUT2D eigenvalue weighted by molar-refractivity contribution is 7.11. The van der Waals surface area contributed by atoms with Gasteiger partial charge >= 0.3 is 0 Å². The molecular weight excluding hydrogens is 293 g/mol. The summed E-state index contributed by atoms with van der Waals surface area (Å²) < 4.78 is 13.8. The molecule has 0 aliphatic rings. The lowest BCUT2D eigenvalue weighted by Crippen LogP contribution is -2.30. The van der Waals surface area contributed by atoms with Crippen molar-refractivity contribution in [2.24, 2.45) is 0 Å². The lowest BCUT2D eigenvalue weighted by molar-refractivity contribution is 0.535. The standard InChI is InChI=1S/C16H19ClFNS/c1-3-12-7-8-13(20-12)9-11(19-2)10-14-15(17)5-4-6-16(14)18/h4-8,11,19H,3,9-10H2,1-2H3. The second-order valence-electron chi connectivity index (χ2n) is 4.82. The third kappa shape index (κ3) is 3.81. The Hall–Kier alpha value is -0.900. The summed E-state index contributed by atoms with van der Waals surface area (Å²) in [6.07, 6.45) is 2.56. The first kappa shape index (κ1) is 15.5. The second kappa shape index (κ2) is 7.21. The van der Waals surface area contributed by atoms with Gasteiger partial charge in [-0.05, 0) is 50.6 Å². The van der Waals surface area contributed by atoms with Crippen LogP contribution in [0.1, 0.15) is 22.2 Å². The van der Waals surface area contributed by atoms with Crippen LogP contribution in [0, 0.1) is 5.82 Å². The molecule has 1 N–H and O–H groups in total. The van der Waals surface area contributed by atoms with E-state index in [1.54, 1.807) is 12.1 Å². The van der Waals surface area contributed by atoms with Crippen molar-refractivity contribution in [3.63, 3.8) is 0 Å². The van der Waals surface area contributed by atoms with Crippen LogP contribution in [0.25, 0.3) is 0 Å². The molecule has 1 heterocycles. The topological polar surface area (TPSA) is 12.0 Å². The maximum absolute atomic E-state index is 13.8. The van der Waals surface area contributed by atoms with Crippen LogP contribution < -0.4 is 5.32 Å².